The third kappa shape index (κ3) is 5.21. The second-order valence-corrected chi connectivity index (χ2v) is 8.56. The van der Waals surface area contributed by atoms with Gasteiger partial charge in [0.2, 0.25) is 0 Å². The maximum Gasteiger partial charge on any atom is 0.348 e. The van der Waals surface area contributed by atoms with Crippen molar-refractivity contribution >= 4 is 45.8 Å². The van der Waals surface area contributed by atoms with Crippen LogP contribution in [0.5, 0.6) is 0 Å². The summed E-state index contributed by atoms with van der Waals surface area (Å²) >= 11 is 6.90. The van der Waals surface area contributed by atoms with Gasteiger partial charge in [0, 0.05) is 10.6 Å². The van der Waals surface area contributed by atoms with Gasteiger partial charge in [-0.05, 0) is 69.4 Å². The number of anilines is 1. The highest BCUT2D eigenvalue weighted by atomic mass is 35.5. The minimum atomic E-state index is -0.589. The third-order valence-corrected chi connectivity index (χ3v) is 6.41. The summed E-state index contributed by atoms with van der Waals surface area (Å²) in [6.07, 6.45) is 4.82. The molecule has 6 nitrogen and oxygen atoms in total. The van der Waals surface area contributed by atoms with Crippen molar-refractivity contribution in [2.24, 2.45) is 0 Å². The van der Waals surface area contributed by atoms with E-state index in [9.17, 15) is 14.4 Å². The number of hydrogen-bond acceptors (Lipinski definition) is 6. The first kappa shape index (κ1) is 22.3. The molecule has 0 radical (unpaired) electrons. The second kappa shape index (κ2) is 10.1. The number of nitrogens with one attached hydrogen (secondary N) is 1. The lowest BCUT2D eigenvalue weighted by atomic mass is 9.98. The lowest BCUT2D eigenvalue weighted by Gasteiger charge is -2.21. The van der Waals surface area contributed by atoms with Crippen LogP contribution in [0.3, 0.4) is 0 Å². The largest absolute Gasteiger partial charge is 0.462 e. The zero-order chi connectivity index (χ0) is 21.7. The number of halogens is 1. The number of benzene rings is 1. The van der Waals surface area contributed by atoms with Crippen molar-refractivity contribution in [3.05, 3.63) is 50.9 Å². The number of ether oxygens (including phenoxy) is 2. The van der Waals surface area contributed by atoms with Crippen molar-refractivity contribution in [2.45, 2.75) is 52.1 Å². The van der Waals surface area contributed by atoms with E-state index in [1.54, 1.807) is 38.1 Å². The quantitative estimate of drug-likeness (QED) is 0.578. The molecule has 1 aromatic carbocycles. The number of carbonyl (C=O) groups is 3. The van der Waals surface area contributed by atoms with E-state index in [0.29, 0.717) is 21.0 Å². The van der Waals surface area contributed by atoms with E-state index in [-0.39, 0.29) is 23.3 Å². The maximum absolute atomic E-state index is 12.8. The summed E-state index contributed by atoms with van der Waals surface area (Å²) in [5.41, 5.74) is 1.01. The highest BCUT2D eigenvalue weighted by Gasteiger charge is 2.29. The molecule has 0 unspecified atom stereocenters. The van der Waals surface area contributed by atoms with Crippen molar-refractivity contribution < 1.29 is 23.9 Å². The number of amides is 1. The monoisotopic (exact) mass is 449 g/mol. The predicted octanol–water partition coefficient (Wildman–Crippen LogP) is 5.63. The van der Waals surface area contributed by atoms with Crippen molar-refractivity contribution in [3.8, 4) is 0 Å². The minimum Gasteiger partial charge on any atom is -0.462 e. The van der Waals surface area contributed by atoms with Gasteiger partial charge in [-0.2, -0.15) is 0 Å². The van der Waals surface area contributed by atoms with Crippen LogP contribution in [0, 0.1) is 6.92 Å². The van der Waals surface area contributed by atoms with E-state index < -0.39 is 17.8 Å². The van der Waals surface area contributed by atoms with Crippen LogP contribution >= 0.6 is 22.9 Å². The van der Waals surface area contributed by atoms with Gasteiger partial charge in [-0.25, -0.2) is 9.59 Å². The zero-order valence-electron chi connectivity index (χ0n) is 17.0. The van der Waals surface area contributed by atoms with Crippen LogP contribution in [0.4, 0.5) is 5.00 Å². The molecule has 1 aliphatic rings. The molecular weight excluding hydrogens is 426 g/mol. The Hall–Kier alpha value is -2.38. The molecule has 30 heavy (non-hydrogen) atoms. The van der Waals surface area contributed by atoms with Gasteiger partial charge in [-0.3, -0.25) is 4.79 Å². The summed E-state index contributed by atoms with van der Waals surface area (Å²) < 4.78 is 10.8. The molecule has 0 saturated heterocycles. The lowest BCUT2D eigenvalue weighted by Crippen LogP contribution is -2.21. The molecule has 0 spiro atoms. The second-order valence-electron chi connectivity index (χ2n) is 7.11. The summed E-state index contributed by atoms with van der Waals surface area (Å²) in [5, 5.41) is 3.51. The highest BCUT2D eigenvalue weighted by molar-refractivity contribution is 7.18. The number of thiophene rings is 1. The molecular formula is C22H24ClNO5S. The lowest BCUT2D eigenvalue weighted by molar-refractivity contribution is 0.0216. The molecule has 0 bridgehead atoms. The Bertz CT molecular complexity index is 932. The first-order valence-corrected chi connectivity index (χ1v) is 11.2. The summed E-state index contributed by atoms with van der Waals surface area (Å²) in [5.74, 6) is -1.47. The van der Waals surface area contributed by atoms with Gasteiger partial charge >= 0.3 is 11.9 Å². The van der Waals surface area contributed by atoms with Gasteiger partial charge in [0.05, 0.1) is 12.2 Å². The summed E-state index contributed by atoms with van der Waals surface area (Å²) in [4.78, 5) is 38.3. The smallest absolute Gasteiger partial charge is 0.348 e. The third-order valence-electron chi connectivity index (χ3n) is 4.97. The van der Waals surface area contributed by atoms with Crippen molar-refractivity contribution in [1.29, 1.82) is 0 Å². The molecule has 1 saturated carbocycles. The molecule has 0 aliphatic heterocycles. The molecule has 160 valence electrons. The standard InChI is InChI=1S/C22H24ClNO5S/c1-3-28-21(26)17-13(2)18(22(27)29-16-7-5-4-6-8-16)30-20(17)24-19(25)14-9-11-15(23)12-10-14/h9-12,16H,3-8H2,1-2H3,(H,24,25). The Kier molecular flexibility index (Phi) is 7.50. The van der Waals surface area contributed by atoms with Crippen LogP contribution in [0.15, 0.2) is 24.3 Å². The van der Waals surface area contributed by atoms with E-state index in [1.165, 1.54) is 0 Å². The fraction of sp³-hybridized carbons (Fsp3) is 0.409. The van der Waals surface area contributed by atoms with Crippen molar-refractivity contribution in [2.75, 3.05) is 11.9 Å². The van der Waals surface area contributed by atoms with E-state index in [0.717, 1.165) is 43.4 Å². The van der Waals surface area contributed by atoms with Crippen LogP contribution in [0.1, 0.15) is 75.0 Å². The molecule has 1 N–H and O–H groups in total. The minimum absolute atomic E-state index is 0.106. The van der Waals surface area contributed by atoms with Gasteiger partial charge in [0.15, 0.2) is 0 Å². The topological polar surface area (TPSA) is 81.7 Å². The molecule has 3 rings (SSSR count). The molecule has 8 heteroatoms. The maximum atomic E-state index is 12.8. The van der Waals surface area contributed by atoms with Gasteiger partial charge in [-0.15, -0.1) is 11.3 Å². The first-order chi connectivity index (χ1) is 14.4. The number of esters is 2. The highest BCUT2D eigenvalue weighted by Crippen LogP contribution is 2.35. The molecule has 0 atom stereocenters. The molecule has 2 aromatic rings. The SMILES string of the molecule is CCOC(=O)c1c(NC(=O)c2ccc(Cl)cc2)sc(C(=O)OC2CCCCC2)c1C. The Labute approximate surface area is 184 Å². The average molecular weight is 450 g/mol. The van der Waals surface area contributed by atoms with Crippen LogP contribution in [0.25, 0.3) is 0 Å². The fourth-order valence-corrected chi connectivity index (χ4v) is 4.61. The van der Waals surface area contributed by atoms with Crippen LogP contribution in [-0.4, -0.2) is 30.6 Å². The number of hydrogen-bond donors (Lipinski definition) is 1. The normalized spacial score (nSPS) is 14.2. The summed E-state index contributed by atoms with van der Waals surface area (Å²) in [6.45, 7) is 3.54. The Morgan fingerprint density at radius 1 is 1.10 bits per heavy atom. The van der Waals surface area contributed by atoms with Crippen molar-refractivity contribution in [3.63, 3.8) is 0 Å². The first-order valence-electron chi connectivity index (χ1n) is 9.99. The molecule has 1 amide bonds. The molecule has 1 aromatic heterocycles. The van der Waals surface area contributed by atoms with Crippen molar-refractivity contribution in [1.82, 2.24) is 0 Å². The van der Waals surface area contributed by atoms with Crippen LogP contribution < -0.4 is 5.32 Å². The zero-order valence-corrected chi connectivity index (χ0v) is 18.5. The van der Waals surface area contributed by atoms with Gasteiger partial charge in [0.1, 0.15) is 16.0 Å². The molecule has 1 aliphatic carbocycles. The summed E-state index contributed by atoms with van der Waals surface area (Å²) in [6, 6.07) is 6.38. The molecule has 1 heterocycles. The van der Waals surface area contributed by atoms with E-state index in [4.69, 9.17) is 21.1 Å². The van der Waals surface area contributed by atoms with E-state index >= 15 is 0 Å². The Morgan fingerprint density at radius 3 is 2.40 bits per heavy atom. The van der Waals surface area contributed by atoms with Gasteiger partial charge < -0.3 is 14.8 Å². The van der Waals surface area contributed by atoms with Gasteiger partial charge in [0.25, 0.3) is 5.91 Å². The Balaban J connectivity index is 1.87. The number of carbonyl (C=O) groups excluding carboxylic acids is 3. The van der Waals surface area contributed by atoms with E-state index in [1.807, 2.05) is 0 Å². The van der Waals surface area contributed by atoms with Gasteiger partial charge in [-0.1, -0.05) is 18.0 Å². The van der Waals surface area contributed by atoms with Crippen LogP contribution in [-0.2, 0) is 9.47 Å². The molecule has 1 fully saturated rings. The summed E-state index contributed by atoms with van der Waals surface area (Å²) in [7, 11) is 0. The predicted molar refractivity (Wildman–Crippen MR) is 117 cm³/mol. The van der Waals surface area contributed by atoms with E-state index in [2.05, 4.69) is 5.32 Å². The Morgan fingerprint density at radius 2 is 1.77 bits per heavy atom. The van der Waals surface area contributed by atoms with Crippen LogP contribution in [0.2, 0.25) is 5.02 Å². The fourth-order valence-electron chi connectivity index (χ4n) is 3.41. The number of rotatable bonds is 6. The average Bonchev–Trinajstić information content (AvgIpc) is 3.05.